The molecule has 0 amide bonds. The number of rotatable bonds is 20. The molecule has 4 aromatic heterocycles. The van der Waals surface area contributed by atoms with Crippen molar-refractivity contribution in [1.29, 1.82) is 0 Å². The van der Waals surface area contributed by atoms with Crippen LogP contribution >= 0.6 is 0 Å². The number of hydrogen-bond donors (Lipinski definition) is 9. The van der Waals surface area contributed by atoms with E-state index in [1.54, 1.807) is 0 Å². The molecule has 8 aromatic rings. The van der Waals surface area contributed by atoms with E-state index in [4.69, 9.17) is 19.9 Å². The molecule has 58 heavy (non-hydrogen) atoms. The fourth-order valence-electron chi connectivity index (χ4n) is 7.97. The van der Waals surface area contributed by atoms with Gasteiger partial charge in [0, 0.05) is 65.0 Å². The quantitative estimate of drug-likeness (QED) is 0.0545. The summed E-state index contributed by atoms with van der Waals surface area (Å²) in [6.45, 7) is 2.58. The Bertz CT molecular complexity index is 2260. The molecule has 8 rings (SSSR count). The average molecular weight is 787 g/mol. The Morgan fingerprint density at radius 3 is 0.914 bits per heavy atom. The predicted octanol–water partition coefficient (Wildman–Crippen LogP) is 3.40. The van der Waals surface area contributed by atoms with Crippen LogP contribution in [-0.4, -0.2) is 121 Å². The number of nitrogens with zero attached hydrogens (tertiary/aromatic N) is 6. The van der Waals surface area contributed by atoms with Crippen molar-refractivity contribution in [3.63, 3.8) is 0 Å². The van der Waals surface area contributed by atoms with Crippen molar-refractivity contribution >= 4 is 44.1 Å². The van der Waals surface area contributed by atoms with Gasteiger partial charge in [-0.05, 0) is 46.5 Å². The summed E-state index contributed by atoms with van der Waals surface area (Å²) in [7, 11) is 0. The monoisotopic (exact) mass is 786 g/mol. The normalized spacial score (nSPS) is 12.3. The van der Waals surface area contributed by atoms with Crippen molar-refractivity contribution in [2.24, 2.45) is 0 Å². The molecule has 0 fully saturated rings. The highest BCUT2D eigenvalue weighted by Gasteiger charge is 2.22. The van der Waals surface area contributed by atoms with E-state index < -0.39 is 6.10 Å². The van der Waals surface area contributed by atoms with Crippen LogP contribution in [0, 0.1) is 0 Å². The third-order valence-corrected chi connectivity index (χ3v) is 10.5. The summed E-state index contributed by atoms with van der Waals surface area (Å²) in [4.78, 5) is 37.1. The number of hydrogen-bond acceptors (Lipinski definition) is 11. The Morgan fingerprint density at radius 2 is 0.672 bits per heavy atom. The predicted molar refractivity (Wildman–Crippen MR) is 222 cm³/mol. The lowest BCUT2D eigenvalue weighted by Gasteiger charge is -2.30. The Morgan fingerprint density at radius 1 is 0.414 bits per heavy atom. The summed E-state index contributed by atoms with van der Waals surface area (Å²) < 4.78 is 0. The number of fused-ring (bicyclic) bond motifs is 4. The standard InChI is InChI=1S/C43H50N10O5/c54-17-13-36-44-32-9-1-5-27(40(32)48-36)21-52(22-28-6-2-10-33-41(28)49-37(45-33)14-18-55)25-31(58)26-53(23-29-7-3-11-34-42(29)50-38(46-34)15-19-56)24-30-8-4-12-35-43(30)51-39(47-35)16-20-57/h1-12,31,54-58H,13-26H2,(H,44,48)(H,45,49)(H,46,50)(H,47,51). The minimum absolute atomic E-state index is 0.00709. The Kier molecular flexibility index (Phi) is 12.2. The smallest absolute Gasteiger partial charge is 0.109 e. The van der Waals surface area contributed by atoms with Crippen LogP contribution in [0.15, 0.2) is 72.8 Å². The molecular weight excluding hydrogens is 737 g/mol. The number of H-pyrrole nitrogens is 4. The summed E-state index contributed by atoms with van der Waals surface area (Å²) in [5.74, 6) is 2.87. The Hall–Kier alpha value is -5.52. The largest absolute Gasteiger partial charge is 0.396 e. The zero-order valence-electron chi connectivity index (χ0n) is 32.3. The van der Waals surface area contributed by atoms with Crippen LogP contribution in [0.5, 0.6) is 0 Å². The Labute approximate surface area is 334 Å². The molecule has 0 saturated heterocycles. The molecule has 4 heterocycles. The van der Waals surface area contributed by atoms with Gasteiger partial charge in [-0.3, -0.25) is 9.80 Å². The van der Waals surface area contributed by atoms with Gasteiger partial charge in [-0.25, -0.2) is 19.9 Å². The third-order valence-electron chi connectivity index (χ3n) is 10.5. The van der Waals surface area contributed by atoms with Gasteiger partial charge in [0.05, 0.1) is 76.7 Å². The number of aromatic nitrogens is 8. The topological polar surface area (TPSA) is 222 Å². The van der Waals surface area contributed by atoms with Gasteiger partial charge in [0.15, 0.2) is 0 Å². The van der Waals surface area contributed by atoms with E-state index in [-0.39, 0.29) is 26.4 Å². The van der Waals surface area contributed by atoms with Crippen LogP contribution in [0.25, 0.3) is 44.1 Å². The second-order valence-corrected chi connectivity index (χ2v) is 14.9. The highest BCUT2D eigenvalue weighted by atomic mass is 16.3. The molecule has 15 nitrogen and oxygen atoms in total. The molecule has 0 spiro atoms. The number of para-hydroxylation sites is 4. The minimum Gasteiger partial charge on any atom is -0.396 e. The summed E-state index contributed by atoms with van der Waals surface area (Å²) in [6.07, 6.45) is 0.902. The number of benzene rings is 4. The molecule has 0 unspecified atom stereocenters. The molecule has 0 radical (unpaired) electrons. The van der Waals surface area contributed by atoms with E-state index in [1.807, 2.05) is 48.5 Å². The van der Waals surface area contributed by atoms with Crippen LogP contribution < -0.4 is 0 Å². The fraction of sp³-hybridized carbons (Fsp3) is 0.349. The van der Waals surface area contributed by atoms with Crippen molar-refractivity contribution in [2.75, 3.05) is 39.5 Å². The third kappa shape index (κ3) is 8.80. The second-order valence-electron chi connectivity index (χ2n) is 14.9. The Balaban J connectivity index is 1.12. The van der Waals surface area contributed by atoms with E-state index >= 15 is 0 Å². The van der Waals surface area contributed by atoms with Crippen LogP contribution in [0.3, 0.4) is 0 Å². The van der Waals surface area contributed by atoms with Gasteiger partial charge in [-0.2, -0.15) is 0 Å². The lowest BCUT2D eigenvalue weighted by molar-refractivity contribution is 0.0636. The summed E-state index contributed by atoms with van der Waals surface area (Å²) in [5.41, 5.74) is 10.8. The molecular formula is C43H50N10O5. The number of nitrogens with one attached hydrogen (secondary N) is 4. The van der Waals surface area contributed by atoms with Crippen molar-refractivity contribution in [2.45, 2.75) is 58.0 Å². The van der Waals surface area contributed by atoms with Gasteiger partial charge < -0.3 is 45.5 Å². The first kappa shape index (κ1) is 39.3. The molecule has 0 saturated carbocycles. The van der Waals surface area contributed by atoms with E-state index in [2.05, 4.69) is 54.0 Å². The highest BCUT2D eigenvalue weighted by Crippen LogP contribution is 2.26. The maximum atomic E-state index is 12.2. The van der Waals surface area contributed by atoms with E-state index in [0.29, 0.717) is 65.0 Å². The zero-order valence-corrected chi connectivity index (χ0v) is 32.3. The number of aliphatic hydroxyl groups excluding tert-OH is 5. The zero-order chi connectivity index (χ0) is 40.0. The maximum Gasteiger partial charge on any atom is 0.109 e. The van der Waals surface area contributed by atoms with Gasteiger partial charge in [0.2, 0.25) is 0 Å². The summed E-state index contributed by atoms with van der Waals surface area (Å²) in [6, 6.07) is 24.1. The number of aliphatic hydroxyl groups is 5. The van der Waals surface area contributed by atoms with Crippen molar-refractivity contribution < 1.29 is 25.5 Å². The van der Waals surface area contributed by atoms with Crippen LogP contribution in [0.1, 0.15) is 45.6 Å². The first-order chi connectivity index (χ1) is 28.4. The van der Waals surface area contributed by atoms with Crippen LogP contribution in [-0.2, 0) is 51.9 Å². The molecule has 9 N–H and O–H groups in total. The van der Waals surface area contributed by atoms with Gasteiger partial charge in [-0.1, -0.05) is 48.5 Å². The van der Waals surface area contributed by atoms with Gasteiger partial charge in [0.25, 0.3) is 0 Å². The van der Waals surface area contributed by atoms with Crippen molar-refractivity contribution in [3.8, 4) is 0 Å². The molecule has 0 aliphatic rings. The number of imidazole rings is 4. The molecule has 0 atom stereocenters. The molecule has 0 aliphatic carbocycles. The molecule has 0 aliphatic heterocycles. The fourth-order valence-corrected chi connectivity index (χ4v) is 7.97. The van der Waals surface area contributed by atoms with Gasteiger partial charge in [-0.15, -0.1) is 0 Å². The highest BCUT2D eigenvalue weighted by molar-refractivity contribution is 5.81. The van der Waals surface area contributed by atoms with Crippen LogP contribution in [0.2, 0.25) is 0 Å². The first-order valence-electron chi connectivity index (χ1n) is 19.8. The van der Waals surface area contributed by atoms with Crippen molar-refractivity contribution in [3.05, 3.63) is 118 Å². The summed E-state index contributed by atoms with van der Waals surface area (Å²) in [5, 5.41) is 50.6. The lowest BCUT2D eigenvalue weighted by atomic mass is 10.1. The molecule has 302 valence electrons. The number of aromatic amines is 4. The van der Waals surface area contributed by atoms with Crippen molar-refractivity contribution in [1.82, 2.24) is 49.7 Å². The second kappa shape index (κ2) is 18.0. The molecule has 4 aromatic carbocycles. The molecule has 0 bridgehead atoms. The van der Waals surface area contributed by atoms with E-state index in [9.17, 15) is 25.5 Å². The van der Waals surface area contributed by atoms with Gasteiger partial charge in [0.1, 0.15) is 23.3 Å². The lowest BCUT2D eigenvalue weighted by Crippen LogP contribution is -2.39. The van der Waals surface area contributed by atoms with E-state index in [1.165, 1.54) is 0 Å². The van der Waals surface area contributed by atoms with Gasteiger partial charge >= 0.3 is 0 Å². The first-order valence-corrected chi connectivity index (χ1v) is 19.8. The minimum atomic E-state index is -0.793. The van der Waals surface area contributed by atoms with E-state index in [0.717, 1.165) is 89.7 Å². The maximum absolute atomic E-state index is 12.2. The molecule has 15 heteroatoms. The average Bonchev–Trinajstić information content (AvgIpc) is 4.01. The summed E-state index contributed by atoms with van der Waals surface area (Å²) >= 11 is 0. The SMILES string of the molecule is OCCc1nc2c(CN(Cc3cccc4[nH]c(CCO)nc34)CC(O)CN(Cc3cccc4[nH]c(CCO)nc34)Cc3cccc4[nH]c(CCO)nc34)cccc2[nH]1. The van der Waals surface area contributed by atoms with Crippen LogP contribution in [0.4, 0.5) is 0 Å².